The summed E-state index contributed by atoms with van der Waals surface area (Å²) in [5.74, 6) is 2.28. The molecule has 1 aromatic heterocycles. The van der Waals surface area contributed by atoms with Crippen LogP contribution in [0.2, 0.25) is 0 Å². The minimum atomic E-state index is -1.66. The van der Waals surface area contributed by atoms with Crippen LogP contribution in [-0.4, -0.2) is 43.6 Å². The van der Waals surface area contributed by atoms with Crippen molar-refractivity contribution in [1.82, 2.24) is 9.55 Å². The van der Waals surface area contributed by atoms with Crippen LogP contribution in [0.25, 0.3) is 0 Å². The van der Waals surface area contributed by atoms with Crippen LogP contribution in [0.4, 0.5) is 5.82 Å². The largest absolute Gasteiger partial charge is 0.391 e. The maximum atomic E-state index is 11.8. The second-order valence-electron chi connectivity index (χ2n) is 4.76. The molecule has 20 heavy (non-hydrogen) atoms. The summed E-state index contributed by atoms with van der Waals surface area (Å²) in [6.45, 7) is 1.43. The van der Waals surface area contributed by atoms with E-state index in [9.17, 15) is 15.0 Å². The summed E-state index contributed by atoms with van der Waals surface area (Å²) in [7, 11) is 0. The van der Waals surface area contributed by atoms with Crippen molar-refractivity contribution in [1.29, 1.82) is 0 Å². The Hall–Kier alpha value is -1.92. The average molecular weight is 280 g/mol. The van der Waals surface area contributed by atoms with Crippen LogP contribution in [-0.2, 0) is 4.74 Å². The first kappa shape index (κ1) is 14.5. The zero-order valence-corrected chi connectivity index (χ0v) is 10.8. The zero-order chi connectivity index (χ0) is 15.1. The molecule has 0 amide bonds. The Morgan fingerprint density at radius 3 is 2.85 bits per heavy atom. The van der Waals surface area contributed by atoms with E-state index in [0.717, 1.165) is 4.57 Å². The maximum absolute atomic E-state index is 11.8. The van der Waals surface area contributed by atoms with Gasteiger partial charge in [-0.3, -0.25) is 4.57 Å². The maximum Gasteiger partial charge on any atom is 0.351 e. The van der Waals surface area contributed by atoms with Gasteiger partial charge in [-0.05, 0) is 13.0 Å². The number of terminal acetylenes is 1. The summed E-state index contributed by atoms with van der Waals surface area (Å²) in [6.07, 6.45) is 2.20. The van der Waals surface area contributed by atoms with Gasteiger partial charge in [-0.2, -0.15) is 4.98 Å². The number of ether oxygens (including phenoxy) is 1. The van der Waals surface area contributed by atoms with Gasteiger partial charge in [0, 0.05) is 6.20 Å². The van der Waals surface area contributed by atoms with Gasteiger partial charge >= 0.3 is 5.69 Å². The summed E-state index contributed by atoms with van der Waals surface area (Å²) < 4.78 is 6.51. The lowest BCUT2D eigenvalue weighted by atomic mass is 9.90. The van der Waals surface area contributed by atoms with E-state index >= 15 is 0 Å². The molecule has 1 aliphatic heterocycles. The van der Waals surface area contributed by atoms with Crippen LogP contribution in [0.15, 0.2) is 17.1 Å². The van der Waals surface area contributed by atoms with Gasteiger partial charge in [-0.25, -0.2) is 4.79 Å². The normalized spacial score (nSPS) is 34.6. The highest BCUT2D eigenvalue weighted by Crippen LogP contribution is 2.36. The van der Waals surface area contributed by atoms with Gasteiger partial charge in [-0.15, -0.1) is 6.42 Å². The number of aromatic nitrogens is 2. The van der Waals surface area contributed by atoms with Gasteiger partial charge in [-0.1, -0.05) is 5.92 Å². The van der Waals surface area contributed by atoms with Crippen LogP contribution in [0.3, 0.4) is 0 Å². The summed E-state index contributed by atoms with van der Waals surface area (Å²) >= 11 is 0. The molecule has 0 aliphatic carbocycles. The van der Waals surface area contributed by atoms with E-state index in [1.807, 2.05) is 0 Å². The molecule has 1 unspecified atom stereocenters. The van der Waals surface area contributed by atoms with Gasteiger partial charge in [0.1, 0.15) is 18.0 Å². The quantitative estimate of drug-likeness (QED) is 0.451. The minimum Gasteiger partial charge on any atom is -0.391 e. The molecule has 2 rings (SSSR count). The molecule has 1 fully saturated rings. The van der Waals surface area contributed by atoms with Gasteiger partial charge < -0.3 is 26.4 Å². The van der Waals surface area contributed by atoms with Gasteiger partial charge in [0.05, 0.1) is 6.10 Å². The third-order valence-corrected chi connectivity index (χ3v) is 3.32. The number of nitrogens with two attached hydrogens (primary N) is 2. The van der Waals surface area contributed by atoms with Crippen molar-refractivity contribution in [2.24, 2.45) is 5.73 Å². The number of aliphatic hydroxyl groups is 2. The summed E-state index contributed by atoms with van der Waals surface area (Å²) in [4.78, 5) is 15.4. The molecule has 1 aromatic rings. The molecule has 8 heteroatoms. The lowest BCUT2D eigenvalue weighted by Gasteiger charge is -2.27. The lowest BCUT2D eigenvalue weighted by molar-refractivity contribution is -0.0778. The van der Waals surface area contributed by atoms with Crippen molar-refractivity contribution in [3.05, 3.63) is 22.7 Å². The van der Waals surface area contributed by atoms with Crippen LogP contribution in [0.5, 0.6) is 0 Å². The number of nitrogen functional groups attached to an aromatic ring is 1. The number of nitrogens with zero attached hydrogens (tertiary/aromatic N) is 2. The topological polar surface area (TPSA) is 137 Å². The Bertz CT molecular complexity index is 608. The first-order valence-corrected chi connectivity index (χ1v) is 5.94. The lowest BCUT2D eigenvalue weighted by Crippen LogP contribution is -2.55. The van der Waals surface area contributed by atoms with E-state index in [-0.39, 0.29) is 5.82 Å². The van der Waals surface area contributed by atoms with Crippen molar-refractivity contribution in [2.45, 2.75) is 37.0 Å². The molecule has 1 aliphatic rings. The van der Waals surface area contributed by atoms with Crippen molar-refractivity contribution in [3.63, 3.8) is 0 Å². The predicted molar refractivity (Wildman–Crippen MR) is 70.3 cm³/mol. The molecular formula is C12H16N4O4. The molecule has 8 nitrogen and oxygen atoms in total. The Morgan fingerprint density at radius 2 is 2.35 bits per heavy atom. The number of anilines is 1. The van der Waals surface area contributed by atoms with Crippen molar-refractivity contribution >= 4 is 5.82 Å². The Labute approximate surface area is 115 Å². The second-order valence-corrected chi connectivity index (χ2v) is 4.76. The predicted octanol–water partition coefficient (Wildman–Crippen LogP) is -2.20. The smallest absolute Gasteiger partial charge is 0.351 e. The van der Waals surface area contributed by atoms with E-state index in [4.69, 9.17) is 22.6 Å². The first-order valence-electron chi connectivity index (χ1n) is 5.94. The van der Waals surface area contributed by atoms with Gasteiger partial charge in [0.15, 0.2) is 11.8 Å². The highest BCUT2D eigenvalue weighted by Gasteiger charge is 2.55. The Kier molecular flexibility index (Phi) is 3.54. The highest BCUT2D eigenvalue weighted by molar-refractivity contribution is 5.26. The van der Waals surface area contributed by atoms with E-state index < -0.39 is 35.8 Å². The molecule has 0 spiro atoms. The van der Waals surface area contributed by atoms with Crippen LogP contribution in [0, 0.1) is 12.3 Å². The molecule has 5 atom stereocenters. The van der Waals surface area contributed by atoms with E-state index in [2.05, 4.69) is 10.9 Å². The number of hydrogen-bond acceptors (Lipinski definition) is 7. The summed E-state index contributed by atoms with van der Waals surface area (Å²) in [5, 5.41) is 19.7. The number of hydrogen-bond donors (Lipinski definition) is 4. The fourth-order valence-electron chi connectivity index (χ4n) is 2.19. The first-order chi connectivity index (χ1) is 9.31. The average Bonchev–Trinajstić information content (AvgIpc) is 2.64. The molecule has 2 heterocycles. The fraction of sp³-hybridized carbons (Fsp3) is 0.500. The Balaban J connectivity index is 2.50. The second kappa shape index (κ2) is 4.88. The molecule has 0 radical (unpaired) electrons. The van der Waals surface area contributed by atoms with Gasteiger partial charge in [0.25, 0.3) is 0 Å². The fourth-order valence-corrected chi connectivity index (χ4v) is 2.19. The van der Waals surface area contributed by atoms with Crippen molar-refractivity contribution < 1.29 is 14.9 Å². The summed E-state index contributed by atoms with van der Waals surface area (Å²) in [5.41, 5.74) is 9.00. The molecule has 1 saturated heterocycles. The minimum absolute atomic E-state index is 0.0419. The van der Waals surface area contributed by atoms with E-state index in [1.54, 1.807) is 0 Å². The third kappa shape index (κ3) is 2.07. The van der Waals surface area contributed by atoms with E-state index in [1.165, 1.54) is 19.2 Å². The van der Waals surface area contributed by atoms with Crippen molar-refractivity contribution in [2.75, 3.05) is 5.73 Å². The van der Waals surface area contributed by atoms with E-state index in [0.29, 0.717) is 0 Å². The molecule has 6 N–H and O–H groups in total. The highest BCUT2D eigenvalue weighted by atomic mass is 16.5. The number of rotatable bonds is 2. The zero-order valence-electron chi connectivity index (χ0n) is 10.8. The molecule has 0 saturated carbocycles. The third-order valence-electron chi connectivity index (χ3n) is 3.32. The molecular weight excluding hydrogens is 264 g/mol. The van der Waals surface area contributed by atoms with Crippen LogP contribution < -0.4 is 17.2 Å². The monoisotopic (exact) mass is 280 g/mol. The van der Waals surface area contributed by atoms with Crippen molar-refractivity contribution in [3.8, 4) is 12.3 Å². The summed E-state index contributed by atoms with van der Waals surface area (Å²) in [6, 6.07) is 1.38. The molecule has 108 valence electrons. The van der Waals surface area contributed by atoms with Crippen LogP contribution >= 0.6 is 0 Å². The number of aliphatic hydroxyl groups excluding tert-OH is 2. The molecule has 0 bridgehead atoms. The Morgan fingerprint density at radius 1 is 1.70 bits per heavy atom. The van der Waals surface area contributed by atoms with Crippen LogP contribution in [0.1, 0.15) is 13.2 Å². The molecule has 0 aromatic carbocycles. The standard InChI is InChI=1S/C12H16N4O4/c1-3-12(14)9(18)8(6(2)17)20-10(12)16-5-4-7(13)15-11(16)19/h1,4-6,8-10,17-18H,14H2,2H3,(H2,13,15,19)/t6-,8-,9+,10-,12?/m1/s1. The van der Waals surface area contributed by atoms with Gasteiger partial charge in [0.2, 0.25) is 0 Å². The SMILES string of the molecule is C#CC1(N)[C@@H](O)[C@@H]([C@@H](C)O)O[C@H]1n1ccc(N)nc1=O.